The van der Waals surface area contributed by atoms with E-state index in [0.717, 1.165) is 50.1 Å². The number of aromatic nitrogens is 1. The van der Waals surface area contributed by atoms with Crippen LogP contribution in [0.15, 0.2) is 47.4 Å². The number of benzene rings is 1. The van der Waals surface area contributed by atoms with Crippen LogP contribution in [0.3, 0.4) is 0 Å². The summed E-state index contributed by atoms with van der Waals surface area (Å²) >= 11 is 0. The predicted octanol–water partition coefficient (Wildman–Crippen LogP) is 3.39. The average molecular weight is 365 g/mol. The molecule has 1 aromatic carbocycles. The highest BCUT2D eigenvalue weighted by atomic mass is 16.2. The van der Waals surface area contributed by atoms with Crippen LogP contribution in [0, 0.1) is 0 Å². The molecule has 0 spiro atoms. The van der Waals surface area contributed by atoms with Crippen LogP contribution >= 0.6 is 0 Å². The van der Waals surface area contributed by atoms with Gasteiger partial charge >= 0.3 is 0 Å². The van der Waals surface area contributed by atoms with Crippen molar-refractivity contribution in [2.24, 2.45) is 0 Å². The fourth-order valence-electron chi connectivity index (χ4n) is 4.28. The smallest absolute Gasteiger partial charge is 0.253 e. The van der Waals surface area contributed by atoms with E-state index >= 15 is 0 Å². The van der Waals surface area contributed by atoms with Gasteiger partial charge in [0.05, 0.1) is 0 Å². The van der Waals surface area contributed by atoms with Gasteiger partial charge in [-0.25, -0.2) is 0 Å². The zero-order valence-electron chi connectivity index (χ0n) is 15.7. The monoisotopic (exact) mass is 365 g/mol. The Bertz CT molecular complexity index is 829. The number of carbonyl (C=O) groups is 1. The highest BCUT2D eigenvalue weighted by molar-refractivity contribution is 5.94. The van der Waals surface area contributed by atoms with Crippen LogP contribution in [-0.2, 0) is 0 Å². The first-order valence-corrected chi connectivity index (χ1v) is 10.0. The number of nitrogens with zero attached hydrogens (tertiary/aromatic N) is 2. The maximum Gasteiger partial charge on any atom is 0.253 e. The molecule has 2 fully saturated rings. The maximum absolute atomic E-state index is 12.8. The maximum atomic E-state index is 12.8. The van der Waals surface area contributed by atoms with Crippen molar-refractivity contribution in [3.63, 3.8) is 0 Å². The Labute approximate surface area is 160 Å². The largest absolute Gasteiger partial charge is 0.372 e. The minimum Gasteiger partial charge on any atom is -0.372 e. The molecule has 142 valence electrons. The molecule has 0 atom stereocenters. The van der Waals surface area contributed by atoms with Crippen LogP contribution in [-0.4, -0.2) is 42.0 Å². The second kappa shape index (κ2) is 7.99. The zero-order chi connectivity index (χ0) is 18.6. The molecule has 0 bridgehead atoms. The second-order valence-corrected chi connectivity index (χ2v) is 7.65. The Morgan fingerprint density at radius 2 is 1.63 bits per heavy atom. The average Bonchev–Trinajstić information content (AvgIpc) is 2.74. The lowest BCUT2D eigenvalue weighted by Crippen LogP contribution is -2.38. The topological polar surface area (TPSA) is 56.4 Å². The number of amides is 1. The van der Waals surface area contributed by atoms with E-state index in [1.165, 1.54) is 24.9 Å². The zero-order valence-corrected chi connectivity index (χ0v) is 15.7. The van der Waals surface area contributed by atoms with Crippen molar-refractivity contribution in [1.29, 1.82) is 0 Å². The lowest BCUT2D eigenvalue weighted by molar-refractivity contribution is 0.0713. The molecule has 2 aliphatic heterocycles. The van der Waals surface area contributed by atoms with Crippen molar-refractivity contribution in [3.8, 4) is 0 Å². The lowest BCUT2D eigenvalue weighted by atomic mass is 9.90. The van der Waals surface area contributed by atoms with E-state index in [1.807, 2.05) is 23.1 Å². The summed E-state index contributed by atoms with van der Waals surface area (Å²) in [6.45, 7) is 3.71. The Kier molecular flexibility index (Phi) is 5.28. The first-order chi connectivity index (χ1) is 13.2. The van der Waals surface area contributed by atoms with Gasteiger partial charge in [-0.3, -0.25) is 9.59 Å². The predicted molar refractivity (Wildman–Crippen MR) is 107 cm³/mol. The van der Waals surface area contributed by atoms with Gasteiger partial charge in [-0.1, -0.05) is 0 Å². The highest BCUT2D eigenvalue weighted by Gasteiger charge is 2.25. The first-order valence-electron chi connectivity index (χ1n) is 10.0. The molecule has 0 radical (unpaired) electrons. The molecule has 4 rings (SSSR count). The van der Waals surface area contributed by atoms with Gasteiger partial charge in [0.15, 0.2) is 0 Å². The SMILES string of the molecule is O=C(c1ccc(N2CCCCC2)cc1)N1CCC(c2cc[nH]c(=O)c2)CC1. The number of piperidine rings is 2. The molecule has 2 saturated heterocycles. The summed E-state index contributed by atoms with van der Waals surface area (Å²) in [5, 5.41) is 0. The number of rotatable bonds is 3. The van der Waals surface area contributed by atoms with E-state index in [-0.39, 0.29) is 11.5 Å². The second-order valence-electron chi connectivity index (χ2n) is 7.65. The molecule has 5 nitrogen and oxygen atoms in total. The third kappa shape index (κ3) is 4.07. The van der Waals surface area contributed by atoms with Crippen molar-refractivity contribution in [2.75, 3.05) is 31.1 Å². The van der Waals surface area contributed by atoms with Crippen LogP contribution in [0.5, 0.6) is 0 Å². The molecular formula is C22H27N3O2. The van der Waals surface area contributed by atoms with Crippen molar-refractivity contribution < 1.29 is 4.79 Å². The van der Waals surface area contributed by atoms with Crippen molar-refractivity contribution >= 4 is 11.6 Å². The Balaban J connectivity index is 1.37. The van der Waals surface area contributed by atoms with Gasteiger partial charge in [0.2, 0.25) is 5.56 Å². The van der Waals surface area contributed by atoms with Crippen molar-refractivity contribution in [1.82, 2.24) is 9.88 Å². The van der Waals surface area contributed by atoms with Crippen LogP contribution < -0.4 is 10.5 Å². The molecule has 3 heterocycles. The quantitative estimate of drug-likeness (QED) is 0.907. The van der Waals surface area contributed by atoms with E-state index < -0.39 is 0 Å². The fourth-order valence-corrected chi connectivity index (χ4v) is 4.28. The Morgan fingerprint density at radius 3 is 2.30 bits per heavy atom. The van der Waals surface area contributed by atoms with Gasteiger partial charge in [-0.15, -0.1) is 0 Å². The molecule has 2 aliphatic rings. The van der Waals surface area contributed by atoms with E-state index in [2.05, 4.69) is 22.0 Å². The van der Waals surface area contributed by atoms with E-state index in [4.69, 9.17) is 0 Å². The molecule has 27 heavy (non-hydrogen) atoms. The summed E-state index contributed by atoms with van der Waals surface area (Å²) in [6, 6.07) is 11.8. The number of hydrogen-bond donors (Lipinski definition) is 1. The minimum absolute atomic E-state index is 0.0557. The summed E-state index contributed by atoms with van der Waals surface area (Å²) in [5.41, 5.74) is 3.01. The number of hydrogen-bond acceptors (Lipinski definition) is 3. The third-order valence-electron chi connectivity index (χ3n) is 5.89. The molecule has 0 unspecified atom stereocenters. The number of aromatic amines is 1. The van der Waals surface area contributed by atoms with Crippen LogP contribution in [0.25, 0.3) is 0 Å². The molecule has 5 heteroatoms. The van der Waals surface area contributed by atoms with Gasteiger partial charge in [0.1, 0.15) is 0 Å². The van der Waals surface area contributed by atoms with Crippen LogP contribution in [0.4, 0.5) is 5.69 Å². The Hall–Kier alpha value is -2.56. The number of carbonyl (C=O) groups excluding carboxylic acids is 1. The van der Waals surface area contributed by atoms with Gasteiger partial charge in [0.25, 0.3) is 5.91 Å². The van der Waals surface area contributed by atoms with E-state index in [0.29, 0.717) is 5.92 Å². The summed E-state index contributed by atoms with van der Waals surface area (Å²) in [4.78, 5) is 31.4. The number of H-pyrrole nitrogens is 1. The standard InChI is InChI=1S/C22H27N3O2/c26-21-16-19(8-11-23-21)17-9-14-25(15-10-17)22(27)18-4-6-20(7-5-18)24-12-2-1-3-13-24/h4-8,11,16-17H,1-3,9-10,12-15H2,(H,23,26). The van der Waals surface area contributed by atoms with Crippen LogP contribution in [0.2, 0.25) is 0 Å². The Morgan fingerprint density at radius 1 is 0.926 bits per heavy atom. The van der Waals surface area contributed by atoms with Gasteiger partial charge in [0, 0.05) is 49.7 Å². The third-order valence-corrected chi connectivity index (χ3v) is 5.89. The number of nitrogens with one attached hydrogen (secondary N) is 1. The molecular weight excluding hydrogens is 338 g/mol. The summed E-state index contributed by atoms with van der Waals surface area (Å²) in [5.74, 6) is 0.474. The van der Waals surface area contributed by atoms with E-state index in [1.54, 1.807) is 12.3 Å². The number of pyridine rings is 1. The normalized spacial score (nSPS) is 18.5. The number of anilines is 1. The highest BCUT2D eigenvalue weighted by Crippen LogP contribution is 2.28. The van der Waals surface area contributed by atoms with Gasteiger partial charge in [-0.2, -0.15) is 0 Å². The molecule has 1 N–H and O–H groups in total. The van der Waals surface area contributed by atoms with Crippen LogP contribution in [0.1, 0.15) is 53.9 Å². The summed E-state index contributed by atoms with van der Waals surface area (Å²) < 4.78 is 0. The minimum atomic E-state index is -0.0557. The van der Waals surface area contributed by atoms with Gasteiger partial charge < -0.3 is 14.8 Å². The van der Waals surface area contributed by atoms with E-state index in [9.17, 15) is 9.59 Å². The van der Waals surface area contributed by atoms with Gasteiger partial charge in [-0.05, 0) is 73.9 Å². The molecule has 2 aromatic rings. The molecule has 1 aromatic heterocycles. The molecule has 1 amide bonds. The summed E-state index contributed by atoms with van der Waals surface area (Å²) in [6.07, 6.45) is 7.34. The fraction of sp³-hybridized carbons (Fsp3) is 0.455. The summed E-state index contributed by atoms with van der Waals surface area (Å²) in [7, 11) is 0. The lowest BCUT2D eigenvalue weighted by Gasteiger charge is -2.32. The molecule has 0 saturated carbocycles. The first kappa shape index (κ1) is 17.8. The molecule has 0 aliphatic carbocycles. The van der Waals surface area contributed by atoms with Crippen molar-refractivity contribution in [2.45, 2.75) is 38.0 Å². The van der Waals surface area contributed by atoms with Crippen molar-refractivity contribution in [3.05, 3.63) is 64.1 Å². The number of likely N-dealkylation sites (tertiary alicyclic amines) is 1.